The fourth-order valence-corrected chi connectivity index (χ4v) is 4.33. The van der Waals surface area contributed by atoms with E-state index < -0.39 is 5.97 Å². The first-order chi connectivity index (χ1) is 13.4. The van der Waals surface area contributed by atoms with E-state index in [2.05, 4.69) is 6.07 Å². The highest BCUT2D eigenvalue weighted by Crippen LogP contribution is 2.33. The molecule has 0 amide bonds. The number of carbonyl (C=O) groups is 1. The second-order valence-electron chi connectivity index (χ2n) is 6.87. The van der Waals surface area contributed by atoms with Crippen molar-refractivity contribution < 1.29 is 14.6 Å². The van der Waals surface area contributed by atoms with Crippen LogP contribution in [0.3, 0.4) is 0 Å². The molecule has 3 aromatic rings. The third-order valence-corrected chi connectivity index (χ3v) is 5.62. The molecule has 0 radical (unpaired) electrons. The molecule has 0 saturated carbocycles. The van der Waals surface area contributed by atoms with Gasteiger partial charge in [-0.25, -0.2) is 4.98 Å². The smallest absolute Gasteiger partial charge is 0.303 e. The van der Waals surface area contributed by atoms with E-state index in [0.717, 1.165) is 16.7 Å². The summed E-state index contributed by atoms with van der Waals surface area (Å²) in [5.41, 5.74) is 4.09. The Morgan fingerprint density at radius 1 is 1.29 bits per heavy atom. The highest BCUT2D eigenvalue weighted by atomic mass is 32.1. The predicted octanol–water partition coefficient (Wildman–Crippen LogP) is 3.80. The van der Waals surface area contributed by atoms with E-state index in [-0.39, 0.29) is 12.0 Å². The van der Waals surface area contributed by atoms with Gasteiger partial charge in [-0.1, -0.05) is 23.8 Å². The number of carboxylic acids is 1. The zero-order valence-electron chi connectivity index (χ0n) is 16.3. The van der Waals surface area contributed by atoms with Crippen LogP contribution in [0.1, 0.15) is 29.8 Å². The Kier molecular flexibility index (Phi) is 6.26. The summed E-state index contributed by atoms with van der Waals surface area (Å²) < 4.78 is 6.77. The molecule has 6 nitrogen and oxygen atoms in total. The van der Waals surface area contributed by atoms with Gasteiger partial charge in [0.2, 0.25) is 0 Å². The minimum atomic E-state index is -0.868. The summed E-state index contributed by atoms with van der Waals surface area (Å²) in [4.78, 5) is 29.7. The second kappa shape index (κ2) is 8.67. The highest BCUT2D eigenvalue weighted by Gasteiger charge is 2.18. The normalized spacial score (nSPS) is 11.2. The number of methoxy groups -OCH3 is 1. The van der Waals surface area contributed by atoms with E-state index in [1.807, 2.05) is 31.4 Å². The molecule has 0 unspecified atom stereocenters. The molecule has 0 saturated heterocycles. The molecule has 0 aliphatic carbocycles. The maximum absolute atomic E-state index is 13.4. The Labute approximate surface area is 167 Å². The molecular formula is C21H24N2O4S. The van der Waals surface area contributed by atoms with Crippen molar-refractivity contribution in [2.75, 3.05) is 13.7 Å². The standard InChI is InChI=1S/C21H24N2O4S/c1-13-6-7-15(14(2)11-13)16-12-28-20-19(16)21(26)23(9-4-5-18(24)25)17(22-20)8-10-27-3/h6-7,11-12H,4-5,8-10H2,1-3H3,(H,24,25). The van der Waals surface area contributed by atoms with Crippen LogP contribution >= 0.6 is 11.3 Å². The number of ether oxygens (including phenoxy) is 1. The van der Waals surface area contributed by atoms with Crippen LogP contribution in [0.5, 0.6) is 0 Å². The third kappa shape index (κ3) is 4.15. The summed E-state index contributed by atoms with van der Waals surface area (Å²) in [7, 11) is 1.61. The molecule has 3 rings (SSSR count). The average molecular weight is 401 g/mol. The Balaban J connectivity index is 2.14. The van der Waals surface area contributed by atoms with Crippen LogP contribution in [0.2, 0.25) is 0 Å². The Bertz CT molecular complexity index is 1070. The zero-order valence-corrected chi connectivity index (χ0v) is 17.1. The fourth-order valence-electron chi connectivity index (χ4n) is 3.38. The largest absolute Gasteiger partial charge is 0.481 e. The molecule has 2 aromatic heterocycles. The van der Waals surface area contributed by atoms with E-state index in [0.29, 0.717) is 42.0 Å². The van der Waals surface area contributed by atoms with Gasteiger partial charge in [-0.2, -0.15) is 0 Å². The van der Waals surface area contributed by atoms with Gasteiger partial charge in [-0.15, -0.1) is 11.3 Å². The first-order valence-corrected chi connectivity index (χ1v) is 10.1. The summed E-state index contributed by atoms with van der Waals surface area (Å²) in [6.45, 7) is 4.86. The van der Waals surface area contributed by atoms with Crippen LogP contribution in [0, 0.1) is 13.8 Å². The van der Waals surface area contributed by atoms with Gasteiger partial charge >= 0.3 is 5.97 Å². The van der Waals surface area contributed by atoms with Crippen LogP contribution in [0.25, 0.3) is 21.3 Å². The predicted molar refractivity (Wildman–Crippen MR) is 111 cm³/mol. The summed E-state index contributed by atoms with van der Waals surface area (Å²) in [6, 6.07) is 6.18. The zero-order chi connectivity index (χ0) is 20.3. The molecule has 28 heavy (non-hydrogen) atoms. The molecule has 0 spiro atoms. The summed E-state index contributed by atoms with van der Waals surface area (Å²) in [5, 5.41) is 11.5. The number of thiophene rings is 1. The van der Waals surface area contributed by atoms with Crippen molar-refractivity contribution in [3.63, 3.8) is 0 Å². The number of aryl methyl sites for hydroxylation is 2. The first-order valence-electron chi connectivity index (χ1n) is 9.21. The number of fused-ring (bicyclic) bond motifs is 1. The molecule has 148 valence electrons. The second-order valence-corrected chi connectivity index (χ2v) is 7.73. The third-order valence-electron chi connectivity index (χ3n) is 4.75. The molecule has 1 aromatic carbocycles. The van der Waals surface area contributed by atoms with E-state index >= 15 is 0 Å². The molecule has 0 aliphatic heterocycles. The summed E-state index contributed by atoms with van der Waals surface area (Å²) >= 11 is 1.46. The van der Waals surface area contributed by atoms with Gasteiger partial charge < -0.3 is 9.84 Å². The van der Waals surface area contributed by atoms with Gasteiger partial charge in [0.05, 0.1) is 12.0 Å². The number of carboxylic acid groups (broad SMARTS) is 1. The highest BCUT2D eigenvalue weighted by molar-refractivity contribution is 7.17. The quantitative estimate of drug-likeness (QED) is 0.622. The van der Waals surface area contributed by atoms with Crippen molar-refractivity contribution in [2.45, 2.75) is 39.7 Å². The maximum atomic E-state index is 13.4. The van der Waals surface area contributed by atoms with Crippen molar-refractivity contribution in [1.29, 1.82) is 0 Å². The Hall–Kier alpha value is -2.51. The van der Waals surface area contributed by atoms with Gasteiger partial charge in [0.25, 0.3) is 5.56 Å². The van der Waals surface area contributed by atoms with Crippen molar-refractivity contribution in [2.24, 2.45) is 0 Å². The minimum absolute atomic E-state index is 0.0156. The van der Waals surface area contributed by atoms with E-state index in [1.165, 1.54) is 16.9 Å². The molecular weight excluding hydrogens is 376 g/mol. The van der Waals surface area contributed by atoms with Crippen LogP contribution in [0.4, 0.5) is 0 Å². The molecule has 0 fully saturated rings. The van der Waals surface area contributed by atoms with Crippen LogP contribution < -0.4 is 5.56 Å². The minimum Gasteiger partial charge on any atom is -0.481 e. The Morgan fingerprint density at radius 2 is 2.07 bits per heavy atom. The topological polar surface area (TPSA) is 81.4 Å². The number of nitrogens with zero attached hydrogens (tertiary/aromatic N) is 2. The summed E-state index contributed by atoms with van der Waals surface area (Å²) in [6.07, 6.45) is 0.902. The molecule has 7 heteroatoms. The van der Waals surface area contributed by atoms with Crippen LogP contribution in [-0.2, 0) is 22.5 Å². The van der Waals surface area contributed by atoms with Crippen molar-refractivity contribution in [3.8, 4) is 11.1 Å². The molecule has 1 N–H and O–H groups in total. The van der Waals surface area contributed by atoms with Crippen molar-refractivity contribution >= 4 is 27.5 Å². The number of aliphatic carboxylic acids is 1. The monoisotopic (exact) mass is 400 g/mol. The lowest BCUT2D eigenvalue weighted by molar-refractivity contribution is -0.137. The lowest BCUT2D eigenvalue weighted by Crippen LogP contribution is -2.26. The van der Waals surface area contributed by atoms with Gasteiger partial charge in [0, 0.05) is 37.4 Å². The maximum Gasteiger partial charge on any atom is 0.303 e. The van der Waals surface area contributed by atoms with Crippen LogP contribution in [0.15, 0.2) is 28.4 Å². The molecule has 0 bridgehead atoms. The first kappa shape index (κ1) is 20.2. The molecule has 0 aliphatic rings. The number of benzene rings is 1. The van der Waals surface area contributed by atoms with E-state index in [9.17, 15) is 9.59 Å². The number of hydrogen-bond donors (Lipinski definition) is 1. The lowest BCUT2D eigenvalue weighted by Gasteiger charge is -2.13. The van der Waals surface area contributed by atoms with Gasteiger partial charge in [0.15, 0.2) is 0 Å². The molecule has 0 atom stereocenters. The fraction of sp³-hybridized carbons (Fsp3) is 0.381. The average Bonchev–Trinajstić information content (AvgIpc) is 3.05. The van der Waals surface area contributed by atoms with E-state index in [4.69, 9.17) is 14.8 Å². The number of hydrogen-bond acceptors (Lipinski definition) is 5. The SMILES string of the molecule is COCCc1nc2scc(-c3ccc(C)cc3C)c2c(=O)n1CCCC(=O)O. The van der Waals surface area contributed by atoms with Crippen LogP contribution in [-0.4, -0.2) is 34.3 Å². The van der Waals surface area contributed by atoms with E-state index in [1.54, 1.807) is 11.7 Å². The van der Waals surface area contributed by atoms with Crippen molar-refractivity contribution in [3.05, 3.63) is 50.9 Å². The number of rotatable bonds is 8. The van der Waals surface area contributed by atoms with Crippen molar-refractivity contribution in [1.82, 2.24) is 9.55 Å². The van der Waals surface area contributed by atoms with Gasteiger partial charge in [0.1, 0.15) is 10.7 Å². The number of aromatic nitrogens is 2. The Morgan fingerprint density at radius 3 is 2.75 bits per heavy atom. The van der Waals surface area contributed by atoms with Gasteiger partial charge in [-0.3, -0.25) is 14.2 Å². The molecule has 2 heterocycles. The summed E-state index contributed by atoms with van der Waals surface area (Å²) in [5.74, 6) is -0.231. The van der Waals surface area contributed by atoms with Gasteiger partial charge in [-0.05, 0) is 31.4 Å². The lowest BCUT2D eigenvalue weighted by atomic mass is 9.99.